The van der Waals surface area contributed by atoms with Gasteiger partial charge in [-0.05, 0) is 31.1 Å². The second-order valence-electron chi connectivity index (χ2n) is 8.79. The van der Waals surface area contributed by atoms with Crippen LogP contribution in [0.15, 0.2) is 24.3 Å². The number of fused-ring (bicyclic) bond motifs is 1. The average Bonchev–Trinajstić information content (AvgIpc) is 2.66. The van der Waals surface area contributed by atoms with Gasteiger partial charge in [-0.25, -0.2) is 0 Å². The van der Waals surface area contributed by atoms with Crippen LogP contribution in [0.4, 0.5) is 0 Å². The van der Waals surface area contributed by atoms with Gasteiger partial charge < -0.3 is 14.6 Å². The van der Waals surface area contributed by atoms with Crippen LogP contribution in [0.1, 0.15) is 59.3 Å². The van der Waals surface area contributed by atoms with Crippen LogP contribution in [0.2, 0.25) is 0 Å². The third-order valence-corrected chi connectivity index (χ3v) is 6.75. The van der Waals surface area contributed by atoms with Gasteiger partial charge in [0.05, 0.1) is 18.4 Å². The summed E-state index contributed by atoms with van der Waals surface area (Å²) in [6.45, 7) is 6.14. The Bertz CT molecular complexity index is 624. The number of aliphatic hydroxyl groups is 1. The molecule has 0 aromatic rings. The highest BCUT2D eigenvalue weighted by Crippen LogP contribution is 2.44. The van der Waals surface area contributed by atoms with Crippen LogP contribution < -0.4 is 0 Å². The van der Waals surface area contributed by atoms with Crippen LogP contribution >= 0.6 is 0 Å². The molecular formula is C23H34O5. The van der Waals surface area contributed by atoms with Gasteiger partial charge in [-0.15, -0.1) is 0 Å². The molecule has 28 heavy (non-hydrogen) atoms. The first-order chi connectivity index (χ1) is 13.4. The maximum absolute atomic E-state index is 12.4. The van der Waals surface area contributed by atoms with Crippen molar-refractivity contribution < 1.29 is 24.2 Å². The van der Waals surface area contributed by atoms with E-state index in [1.54, 1.807) is 0 Å². The number of carbonyl (C=O) groups is 2. The molecule has 1 unspecified atom stereocenters. The summed E-state index contributed by atoms with van der Waals surface area (Å²) in [5, 5.41) is 9.86. The Morgan fingerprint density at radius 2 is 2.11 bits per heavy atom. The smallest absolute Gasteiger partial charge is 0.308 e. The summed E-state index contributed by atoms with van der Waals surface area (Å²) in [7, 11) is 0. The number of allylic oxidation sites excluding steroid dienone is 3. The first-order valence-corrected chi connectivity index (χ1v) is 10.8. The standard InChI is InChI=1S/C23H34O5/c1-4-14(2)23(26)28-20-7-5-6-16-9-8-15(3)19(22(16)20)11-10-18-12-17(24)13-21(25)27-18/h5-6,8-9,14-20,22,24H,4,7,10-13H2,1-3H3/t14-,15-,16?,17+,18+,19-,20-,22-/m0/s1. The summed E-state index contributed by atoms with van der Waals surface area (Å²) < 4.78 is 11.4. The van der Waals surface area contributed by atoms with Crippen LogP contribution in [0, 0.1) is 29.6 Å². The van der Waals surface area contributed by atoms with Gasteiger partial charge >= 0.3 is 11.9 Å². The Balaban J connectivity index is 1.69. The van der Waals surface area contributed by atoms with Gasteiger partial charge in [0.15, 0.2) is 0 Å². The van der Waals surface area contributed by atoms with Crippen LogP contribution in [-0.4, -0.2) is 35.4 Å². The number of cyclic esters (lactones) is 1. The van der Waals surface area contributed by atoms with E-state index in [9.17, 15) is 14.7 Å². The fourth-order valence-corrected chi connectivity index (χ4v) is 4.88. The first kappa shape index (κ1) is 21.1. The second-order valence-corrected chi connectivity index (χ2v) is 8.79. The number of aliphatic hydroxyl groups excluding tert-OH is 1. The molecule has 1 heterocycles. The van der Waals surface area contributed by atoms with Crippen LogP contribution in [0.25, 0.3) is 0 Å². The molecule has 0 aromatic heterocycles. The molecular weight excluding hydrogens is 356 g/mol. The minimum absolute atomic E-state index is 0.0810. The fourth-order valence-electron chi connectivity index (χ4n) is 4.88. The maximum atomic E-state index is 12.4. The van der Waals surface area contributed by atoms with E-state index in [2.05, 4.69) is 31.2 Å². The Morgan fingerprint density at radius 3 is 2.82 bits per heavy atom. The monoisotopic (exact) mass is 390 g/mol. The van der Waals surface area contributed by atoms with Gasteiger partial charge in [0.2, 0.25) is 0 Å². The van der Waals surface area contributed by atoms with Crippen molar-refractivity contribution in [3.8, 4) is 0 Å². The average molecular weight is 391 g/mol. The Kier molecular flexibility index (Phi) is 6.97. The predicted octanol–water partition coefficient (Wildman–Crippen LogP) is 3.81. The summed E-state index contributed by atoms with van der Waals surface area (Å²) in [5.74, 6) is 0.772. The summed E-state index contributed by atoms with van der Waals surface area (Å²) in [6.07, 6.45) is 11.8. The molecule has 3 rings (SSSR count). The van der Waals surface area contributed by atoms with Crippen LogP contribution in [0.3, 0.4) is 0 Å². The number of hydrogen-bond acceptors (Lipinski definition) is 5. The van der Waals surface area contributed by atoms with Gasteiger partial charge in [-0.2, -0.15) is 0 Å². The second kappa shape index (κ2) is 9.25. The van der Waals surface area contributed by atoms with E-state index in [4.69, 9.17) is 9.47 Å². The van der Waals surface area contributed by atoms with E-state index in [1.807, 2.05) is 13.8 Å². The molecule has 1 fully saturated rings. The van der Waals surface area contributed by atoms with E-state index in [0.29, 0.717) is 18.3 Å². The Hall–Kier alpha value is -1.62. The molecule has 8 atom stereocenters. The first-order valence-electron chi connectivity index (χ1n) is 10.8. The lowest BCUT2D eigenvalue weighted by Gasteiger charge is -2.44. The number of ether oxygens (including phenoxy) is 2. The van der Waals surface area contributed by atoms with Gasteiger partial charge in [0, 0.05) is 24.7 Å². The molecule has 1 N–H and O–H groups in total. The molecule has 2 aliphatic carbocycles. The van der Waals surface area contributed by atoms with Crippen molar-refractivity contribution in [3.63, 3.8) is 0 Å². The molecule has 0 amide bonds. The van der Waals surface area contributed by atoms with E-state index in [0.717, 1.165) is 25.7 Å². The lowest BCUT2D eigenvalue weighted by molar-refractivity contribution is -0.163. The van der Waals surface area contributed by atoms with Crippen molar-refractivity contribution >= 4 is 11.9 Å². The SMILES string of the molecule is CC[C@H](C)C(=O)O[C@H]1CC=CC2C=C[C@H](C)[C@H](CC[C@@H]3C[C@@H](O)CC(=O)O3)[C@H]21. The summed E-state index contributed by atoms with van der Waals surface area (Å²) >= 11 is 0. The molecule has 3 aliphatic rings. The van der Waals surface area contributed by atoms with E-state index >= 15 is 0 Å². The summed E-state index contributed by atoms with van der Waals surface area (Å²) in [4.78, 5) is 24.1. The fraction of sp³-hybridized carbons (Fsp3) is 0.739. The number of carbonyl (C=O) groups excluding carboxylic acids is 2. The highest BCUT2D eigenvalue weighted by Gasteiger charge is 2.42. The molecule has 0 bridgehead atoms. The van der Waals surface area contributed by atoms with Crippen molar-refractivity contribution in [2.45, 2.75) is 77.6 Å². The lowest BCUT2D eigenvalue weighted by Crippen LogP contribution is -2.43. The third kappa shape index (κ3) is 4.86. The minimum Gasteiger partial charge on any atom is -0.462 e. The summed E-state index contributed by atoms with van der Waals surface area (Å²) in [5.41, 5.74) is 0. The van der Waals surface area contributed by atoms with Crippen molar-refractivity contribution in [1.29, 1.82) is 0 Å². The molecule has 0 spiro atoms. The quantitative estimate of drug-likeness (QED) is 0.552. The van der Waals surface area contributed by atoms with Crippen molar-refractivity contribution in [1.82, 2.24) is 0 Å². The van der Waals surface area contributed by atoms with E-state index in [1.165, 1.54) is 0 Å². The predicted molar refractivity (Wildman–Crippen MR) is 106 cm³/mol. The summed E-state index contributed by atoms with van der Waals surface area (Å²) in [6, 6.07) is 0. The van der Waals surface area contributed by atoms with E-state index < -0.39 is 6.10 Å². The Morgan fingerprint density at radius 1 is 1.32 bits per heavy atom. The topological polar surface area (TPSA) is 72.8 Å². The largest absolute Gasteiger partial charge is 0.462 e. The molecule has 0 aromatic carbocycles. The molecule has 1 saturated heterocycles. The molecule has 0 saturated carbocycles. The Labute approximate surface area is 168 Å². The normalized spacial score (nSPS) is 38.4. The third-order valence-electron chi connectivity index (χ3n) is 6.75. The minimum atomic E-state index is -0.593. The maximum Gasteiger partial charge on any atom is 0.308 e. The molecule has 1 aliphatic heterocycles. The zero-order chi connectivity index (χ0) is 20.3. The lowest BCUT2D eigenvalue weighted by atomic mass is 9.64. The van der Waals surface area contributed by atoms with Gasteiger partial charge in [0.1, 0.15) is 12.2 Å². The number of hydrogen-bond donors (Lipinski definition) is 1. The van der Waals surface area contributed by atoms with Gasteiger partial charge in [-0.1, -0.05) is 45.1 Å². The molecule has 156 valence electrons. The molecule has 0 radical (unpaired) electrons. The van der Waals surface area contributed by atoms with Gasteiger partial charge in [-0.3, -0.25) is 9.59 Å². The van der Waals surface area contributed by atoms with Crippen molar-refractivity contribution in [3.05, 3.63) is 24.3 Å². The zero-order valence-corrected chi connectivity index (χ0v) is 17.3. The van der Waals surface area contributed by atoms with Gasteiger partial charge in [0.25, 0.3) is 0 Å². The number of rotatable bonds is 6. The van der Waals surface area contributed by atoms with Crippen molar-refractivity contribution in [2.24, 2.45) is 29.6 Å². The molecule has 5 nitrogen and oxygen atoms in total. The number of esters is 2. The zero-order valence-electron chi connectivity index (χ0n) is 17.3. The van der Waals surface area contributed by atoms with Crippen LogP contribution in [-0.2, 0) is 19.1 Å². The van der Waals surface area contributed by atoms with Crippen LogP contribution in [0.5, 0.6) is 0 Å². The highest BCUT2D eigenvalue weighted by atomic mass is 16.5. The highest BCUT2D eigenvalue weighted by molar-refractivity contribution is 5.72. The molecule has 5 heteroatoms. The van der Waals surface area contributed by atoms with E-state index in [-0.39, 0.29) is 48.3 Å². The van der Waals surface area contributed by atoms with Crippen molar-refractivity contribution in [2.75, 3.05) is 0 Å².